The van der Waals surface area contributed by atoms with E-state index in [-0.39, 0.29) is 0 Å². The summed E-state index contributed by atoms with van der Waals surface area (Å²) in [5.74, 6) is 0. The van der Waals surface area contributed by atoms with Crippen LogP contribution < -0.4 is 0 Å². The number of aryl methyl sites for hydroxylation is 1. The fourth-order valence-corrected chi connectivity index (χ4v) is 3.99. The zero-order chi connectivity index (χ0) is 18.8. The molecule has 0 unspecified atom stereocenters. The molecule has 0 saturated heterocycles. The van der Waals surface area contributed by atoms with Crippen molar-refractivity contribution in [3.63, 3.8) is 0 Å². The molecule has 27 heavy (non-hydrogen) atoms. The summed E-state index contributed by atoms with van der Waals surface area (Å²) >= 11 is 0. The van der Waals surface area contributed by atoms with E-state index in [9.17, 15) is 0 Å². The zero-order valence-corrected chi connectivity index (χ0v) is 16.1. The van der Waals surface area contributed by atoms with Crippen LogP contribution in [0.5, 0.6) is 0 Å². The number of hydrogen-bond donors (Lipinski definition) is 0. The van der Waals surface area contributed by atoms with Crippen LogP contribution in [0.4, 0.5) is 0 Å². The number of benzene rings is 2. The summed E-state index contributed by atoms with van der Waals surface area (Å²) in [6.45, 7) is 8.24. The van der Waals surface area contributed by atoms with Gasteiger partial charge in [-0.2, -0.15) is 0 Å². The monoisotopic (exact) mass is 351 g/mol. The van der Waals surface area contributed by atoms with Crippen molar-refractivity contribution in [1.82, 2.24) is 4.57 Å². The van der Waals surface area contributed by atoms with Crippen LogP contribution in [-0.2, 0) is 6.42 Å². The van der Waals surface area contributed by atoms with Crippen molar-refractivity contribution in [2.75, 3.05) is 0 Å². The van der Waals surface area contributed by atoms with E-state index < -0.39 is 0 Å². The normalized spacial score (nSPS) is 14.4. The van der Waals surface area contributed by atoms with Crippen LogP contribution in [0.25, 0.3) is 22.7 Å². The summed E-state index contributed by atoms with van der Waals surface area (Å²) in [4.78, 5) is 0. The number of nitrogens with zero attached hydrogens (tertiary/aromatic N) is 1. The predicted molar refractivity (Wildman–Crippen MR) is 117 cm³/mol. The van der Waals surface area contributed by atoms with Crippen LogP contribution in [-0.4, -0.2) is 4.57 Å². The first kappa shape index (κ1) is 17.4. The minimum Gasteiger partial charge on any atom is -0.313 e. The second kappa shape index (κ2) is 7.28. The van der Waals surface area contributed by atoms with Gasteiger partial charge in [0.2, 0.25) is 0 Å². The lowest BCUT2D eigenvalue weighted by atomic mass is 9.90. The van der Waals surface area contributed by atoms with E-state index in [4.69, 9.17) is 0 Å². The van der Waals surface area contributed by atoms with Gasteiger partial charge in [-0.25, -0.2) is 0 Å². The van der Waals surface area contributed by atoms with Crippen molar-refractivity contribution in [3.8, 4) is 5.69 Å². The predicted octanol–water partition coefficient (Wildman–Crippen LogP) is 6.96. The maximum absolute atomic E-state index is 4.03. The van der Waals surface area contributed by atoms with Crippen molar-refractivity contribution in [1.29, 1.82) is 0 Å². The fraction of sp³-hybridized carbons (Fsp3) is 0.154. The van der Waals surface area contributed by atoms with E-state index >= 15 is 0 Å². The van der Waals surface area contributed by atoms with Gasteiger partial charge in [0.1, 0.15) is 0 Å². The van der Waals surface area contributed by atoms with Crippen LogP contribution in [0, 0.1) is 6.92 Å². The standard InChI is InChI=1S/C26H25N/c1-4-6-10-20(5-2)21-14-16-26-24(18-21)23-17-19(3)13-15-25(23)27(26)22-11-8-7-9-12-22/h4-13,15,17-18H,2,14,16H2,1,3H3/b6-4-,20-10+. The summed E-state index contributed by atoms with van der Waals surface area (Å²) in [7, 11) is 0. The molecular weight excluding hydrogens is 326 g/mol. The third kappa shape index (κ3) is 3.10. The Bertz CT molecular complexity index is 1090. The van der Waals surface area contributed by atoms with Crippen molar-refractivity contribution >= 4 is 17.0 Å². The lowest BCUT2D eigenvalue weighted by Gasteiger charge is -2.18. The minimum absolute atomic E-state index is 1.03. The van der Waals surface area contributed by atoms with Gasteiger partial charge >= 0.3 is 0 Å². The molecule has 1 heterocycles. The first-order valence-electron chi connectivity index (χ1n) is 9.58. The Kier molecular flexibility index (Phi) is 4.68. The highest BCUT2D eigenvalue weighted by molar-refractivity contribution is 5.94. The number of aromatic nitrogens is 1. The van der Waals surface area contributed by atoms with Crippen LogP contribution in [0.15, 0.2) is 90.6 Å². The molecule has 2 aromatic carbocycles. The number of allylic oxidation sites excluding steroid dienone is 6. The van der Waals surface area contributed by atoms with Gasteiger partial charge in [0.15, 0.2) is 0 Å². The van der Waals surface area contributed by atoms with Gasteiger partial charge in [-0.1, -0.05) is 60.7 Å². The third-order valence-electron chi connectivity index (χ3n) is 5.29. The number of para-hydroxylation sites is 1. The molecule has 0 fully saturated rings. The molecule has 0 atom stereocenters. The molecule has 1 aromatic heterocycles. The molecule has 0 spiro atoms. The quantitative estimate of drug-likeness (QED) is 0.448. The Morgan fingerprint density at radius 3 is 2.63 bits per heavy atom. The van der Waals surface area contributed by atoms with Gasteiger partial charge in [0, 0.05) is 22.3 Å². The van der Waals surface area contributed by atoms with Gasteiger partial charge in [-0.3, -0.25) is 0 Å². The second-order valence-electron chi connectivity index (χ2n) is 7.07. The molecule has 1 aliphatic rings. The molecule has 134 valence electrons. The molecule has 1 nitrogen and oxygen atoms in total. The SMILES string of the molecule is C=C/C(=C\C=C/C)C1=Cc2c(n(-c3ccccc3)c3ccc(C)cc23)CC1. The summed E-state index contributed by atoms with van der Waals surface area (Å²) in [5, 5.41) is 1.33. The van der Waals surface area contributed by atoms with E-state index in [1.807, 2.05) is 13.0 Å². The average molecular weight is 351 g/mol. The molecule has 0 aliphatic heterocycles. The Balaban J connectivity index is 1.98. The summed E-state index contributed by atoms with van der Waals surface area (Å²) in [6, 6.07) is 17.5. The molecule has 4 rings (SSSR count). The highest BCUT2D eigenvalue weighted by atomic mass is 15.0. The zero-order valence-electron chi connectivity index (χ0n) is 16.1. The van der Waals surface area contributed by atoms with Crippen LogP contribution in [0.2, 0.25) is 0 Å². The van der Waals surface area contributed by atoms with Crippen molar-refractivity contribution < 1.29 is 0 Å². The molecule has 1 heteroatoms. The molecule has 1 aliphatic carbocycles. The van der Waals surface area contributed by atoms with E-state index in [2.05, 4.69) is 90.9 Å². The molecule has 0 radical (unpaired) electrons. The largest absolute Gasteiger partial charge is 0.313 e. The Morgan fingerprint density at radius 2 is 1.89 bits per heavy atom. The van der Waals surface area contributed by atoms with Crippen LogP contribution >= 0.6 is 0 Å². The smallest absolute Gasteiger partial charge is 0.0537 e. The van der Waals surface area contributed by atoms with Crippen molar-refractivity contribution in [2.24, 2.45) is 0 Å². The van der Waals surface area contributed by atoms with Crippen LogP contribution in [0.3, 0.4) is 0 Å². The van der Waals surface area contributed by atoms with Gasteiger partial charge in [0.25, 0.3) is 0 Å². The van der Waals surface area contributed by atoms with Gasteiger partial charge in [-0.05, 0) is 68.2 Å². The minimum atomic E-state index is 1.03. The molecule has 0 saturated carbocycles. The van der Waals surface area contributed by atoms with Gasteiger partial charge < -0.3 is 4.57 Å². The summed E-state index contributed by atoms with van der Waals surface area (Å²) in [6.07, 6.45) is 12.7. The summed E-state index contributed by atoms with van der Waals surface area (Å²) < 4.78 is 2.43. The lowest BCUT2D eigenvalue weighted by Crippen LogP contribution is -2.06. The molecule has 3 aromatic rings. The average Bonchev–Trinajstić information content (AvgIpc) is 3.02. The number of rotatable bonds is 4. The maximum Gasteiger partial charge on any atom is 0.0537 e. The highest BCUT2D eigenvalue weighted by Crippen LogP contribution is 2.38. The van der Waals surface area contributed by atoms with E-state index in [0.717, 1.165) is 12.8 Å². The van der Waals surface area contributed by atoms with E-state index in [1.54, 1.807) is 0 Å². The fourth-order valence-electron chi connectivity index (χ4n) is 3.99. The highest BCUT2D eigenvalue weighted by Gasteiger charge is 2.21. The Hall–Kier alpha value is -3.06. The summed E-state index contributed by atoms with van der Waals surface area (Å²) in [5.41, 5.74) is 9.15. The molecule has 0 bridgehead atoms. The van der Waals surface area contributed by atoms with Crippen molar-refractivity contribution in [2.45, 2.75) is 26.7 Å². The molecule has 0 amide bonds. The number of hydrogen-bond acceptors (Lipinski definition) is 0. The van der Waals surface area contributed by atoms with Gasteiger partial charge in [0.05, 0.1) is 5.52 Å². The third-order valence-corrected chi connectivity index (χ3v) is 5.29. The van der Waals surface area contributed by atoms with Crippen molar-refractivity contribution in [3.05, 3.63) is 107 Å². The Labute approximate surface area is 161 Å². The van der Waals surface area contributed by atoms with Crippen LogP contribution in [0.1, 0.15) is 30.2 Å². The maximum atomic E-state index is 4.03. The second-order valence-corrected chi connectivity index (χ2v) is 7.07. The molecule has 0 N–H and O–H groups in total. The first-order valence-corrected chi connectivity index (χ1v) is 9.58. The topological polar surface area (TPSA) is 4.93 Å². The lowest BCUT2D eigenvalue weighted by molar-refractivity contribution is 0.864. The molecular formula is C26H25N. The first-order chi connectivity index (χ1) is 13.2. The van der Waals surface area contributed by atoms with E-state index in [1.165, 1.54) is 44.6 Å². The Morgan fingerprint density at radius 1 is 1.07 bits per heavy atom. The van der Waals surface area contributed by atoms with Gasteiger partial charge in [-0.15, -0.1) is 0 Å². The number of fused-ring (bicyclic) bond motifs is 3. The van der Waals surface area contributed by atoms with E-state index in [0.29, 0.717) is 0 Å².